The zero-order chi connectivity index (χ0) is 35.7. The molecule has 0 spiro atoms. The van der Waals surface area contributed by atoms with Crippen LogP contribution in [0.3, 0.4) is 0 Å². The van der Waals surface area contributed by atoms with Gasteiger partial charge in [-0.05, 0) is 61.2 Å². The Hall–Kier alpha value is -3.66. The van der Waals surface area contributed by atoms with Gasteiger partial charge in [0.05, 0.1) is 16.1 Å². The van der Waals surface area contributed by atoms with Crippen LogP contribution < -0.4 is 10.6 Å². The first-order valence-electron chi connectivity index (χ1n) is 13.3. The summed E-state index contributed by atoms with van der Waals surface area (Å²) >= 11 is 6.20. The Balaban J connectivity index is 1.91. The van der Waals surface area contributed by atoms with E-state index in [2.05, 4.69) is 10.6 Å². The fourth-order valence-corrected chi connectivity index (χ4v) is 5.62. The van der Waals surface area contributed by atoms with Crippen LogP contribution in [0.4, 0.5) is 49.6 Å². The predicted octanol–water partition coefficient (Wildman–Crippen LogP) is 8.30. The molecular weight excluding hydrogens is 694 g/mol. The zero-order valence-electron chi connectivity index (χ0n) is 24.5. The first-order valence-corrected chi connectivity index (χ1v) is 15.4. The minimum absolute atomic E-state index is 0.0434. The first kappa shape index (κ1) is 37.8. The van der Waals surface area contributed by atoms with E-state index in [0.29, 0.717) is 11.6 Å². The molecule has 0 heterocycles. The van der Waals surface area contributed by atoms with Gasteiger partial charge in [0.15, 0.2) is 0 Å². The molecule has 0 bridgehead atoms. The van der Waals surface area contributed by atoms with Gasteiger partial charge < -0.3 is 10.6 Å². The highest BCUT2D eigenvalue weighted by Gasteiger charge is 2.65. The van der Waals surface area contributed by atoms with Crippen LogP contribution in [0, 0.1) is 6.92 Å². The second-order valence-corrected chi connectivity index (χ2v) is 12.5. The zero-order valence-corrected chi connectivity index (χ0v) is 26.1. The van der Waals surface area contributed by atoms with Crippen molar-refractivity contribution in [2.45, 2.75) is 50.5 Å². The third kappa shape index (κ3) is 8.44. The third-order valence-electron chi connectivity index (χ3n) is 6.77. The van der Waals surface area contributed by atoms with Crippen LogP contribution in [0.15, 0.2) is 54.6 Å². The molecule has 0 aliphatic heterocycles. The van der Waals surface area contributed by atoms with Gasteiger partial charge in [0.25, 0.3) is 11.8 Å². The van der Waals surface area contributed by atoms with Crippen LogP contribution in [0.2, 0.25) is 5.02 Å². The van der Waals surface area contributed by atoms with Crippen LogP contribution >= 0.6 is 11.6 Å². The molecule has 0 aliphatic rings. The minimum Gasteiger partial charge on any atom is -0.349 e. The summed E-state index contributed by atoms with van der Waals surface area (Å²) < 4.78 is 146. The highest BCUT2D eigenvalue weighted by molar-refractivity contribution is 7.84. The molecule has 2 amide bonds. The molecule has 0 saturated carbocycles. The molecule has 0 aromatic heterocycles. The highest BCUT2D eigenvalue weighted by Crippen LogP contribution is 2.52. The van der Waals surface area contributed by atoms with Crippen LogP contribution in [0.1, 0.15) is 55.5 Å². The van der Waals surface area contributed by atoms with Gasteiger partial charge in [-0.15, -0.1) is 0 Å². The van der Waals surface area contributed by atoms with E-state index in [9.17, 15) is 57.7 Å². The summed E-state index contributed by atoms with van der Waals surface area (Å²) in [6, 6.07) is 8.02. The van der Waals surface area contributed by atoms with Crippen molar-refractivity contribution in [3.8, 4) is 0 Å². The van der Waals surface area contributed by atoms with Crippen LogP contribution in [0.5, 0.6) is 0 Å². The first-order chi connectivity index (χ1) is 21.5. The number of alkyl halides is 10. The number of anilines is 1. The van der Waals surface area contributed by atoms with E-state index in [0.717, 1.165) is 0 Å². The molecule has 0 radical (unpaired) electrons. The van der Waals surface area contributed by atoms with Gasteiger partial charge in [0.2, 0.25) is 0 Å². The fourth-order valence-electron chi connectivity index (χ4n) is 4.58. The quantitative estimate of drug-likeness (QED) is 0.207. The van der Waals surface area contributed by atoms with Crippen molar-refractivity contribution >= 4 is 39.9 Å². The fraction of sp³-hybridized carbons (Fsp3) is 0.333. The van der Waals surface area contributed by atoms with Gasteiger partial charge in [-0.2, -0.15) is 43.9 Å². The van der Waals surface area contributed by atoms with Crippen molar-refractivity contribution < 1.29 is 57.7 Å². The van der Waals surface area contributed by atoms with Gasteiger partial charge >= 0.3 is 24.2 Å². The predicted molar refractivity (Wildman–Crippen MR) is 156 cm³/mol. The number of hydrogen-bond acceptors (Lipinski definition) is 3. The lowest BCUT2D eigenvalue weighted by Gasteiger charge is -2.28. The van der Waals surface area contributed by atoms with E-state index in [1.165, 1.54) is 49.6 Å². The second kappa shape index (κ2) is 13.8. The number of nitrogens with one attached hydrogen (secondary N) is 2. The topological polar surface area (TPSA) is 75.3 Å². The summed E-state index contributed by atoms with van der Waals surface area (Å²) in [6.07, 6.45) is -11.9. The van der Waals surface area contributed by atoms with Crippen molar-refractivity contribution in [1.29, 1.82) is 0 Å². The van der Waals surface area contributed by atoms with E-state index in [1.54, 1.807) is 6.92 Å². The molecule has 0 saturated heterocycles. The van der Waals surface area contributed by atoms with Gasteiger partial charge in [-0.3, -0.25) is 13.8 Å². The number of halogens is 11. The van der Waals surface area contributed by atoms with Gasteiger partial charge in [0.1, 0.15) is 0 Å². The maximum Gasteiger partial charge on any atom is 0.458 e. The number of aryl methyl sites for hydroxylation is 1. The molecule has 0 fully saturated rings. The van der Waals surface area contributed by atoms with E-state index in [4.69, 9.17) is 11.6 Å². The minimum atomic E-state index is -6.48. The Morgan fingerprint density at radius 1 is 0.809 bits per heavy atom. The summed E-state index contributed by atoms with van der Waals surface area (Å²) in [5.74, 6) is -13.4. The molecule has 5 nitrogen and oxygen atoms in total. The van der Waals surface area contributed by atoms with Crippen molar-refractivity contribution in [2.24, 2.45) is 0 Å². The van der Waals surface area contributed by atoms with Crippen molar-refractivity contribution in [1.82, 2.24) is 5.32 Å². The summed E-state index contributed by atoms with van der Waals surface area (Å²) in [5.41, 5.74) is -5.09. The van der Waals surface area contributed by atoms with Gasteiger partial charge in [-0.1, -0.05) is 41.9 Å². The standard InChI is InChI=1S/C30H25ClF10N2O3S/c1-15-11-17(12-18-7-9-20(27(32,33)29(36,37)38)21(13-18)28(34,35)30(39,40)41)8-10-23(15)43-25(44)19-5-4-6-22(31)24(19)26(45)42-16(2)14-47(3)46/h4-11,13,16H,12,14H2,1-3H3,(H,42,45)(H,43,44)/t16-,47?/m0/s1. The summed E-state index contributed by atoms with van der Waals surface area (Å²) in [7, 11) is -1.23. The number of carbonyl (C=O) groups is 2. The Bertz CT molecular complexity index is 1690. The molecule has 3 aromatic carbocycles. The van der Waals surface area contributed by atoms with Crippen molar-refractivity contribution in [3.05, 3.63) is 98.6 Å². The molecule has 0 aliphatic carbocycles. The monoisotopic (exact) mass is 718 g/mol. The molecular formula is C30H25ClF10N2O3S. The number of rotatable bonds is 10. The molecule has 47 heavy (non-hydrogen) atoms. The van der Waals surface area contributed by atoms with Gasteiger partial charge in [-0.25, -0.2) is 0 Å². The van der Waals surface area contributed by atoms with Crippen LogP contribution in [-0.2, 0) is 29.1 Å². The lowest BCUT2D eigenvalue weighted by molar-refractivity contribution is -0.301. The summed E-state index contributed by atoms with van der Waals surface area (Å²) in [4.78, 5) is 26.1. The summed E-state index contributed by atoms with van der Waals surface area (Å²) in [5, 5.41) is 5.12. The number of benzene rings is 3. The van der Waals surface area contributed by atoms with Crippen LogP contribution in [0.25, 0.3) is 0 Å². The smallest absolute Gasteiger partial charge is 0.349 e. The number of hydrogen-bond donors (Lipinski definition) is 2. The average molecular weight is 719 g/mol. The SMILES string of the molecule is Cc1cc(Cc2ccc(C(F)(F)C(F)(F)F)c(C(F)(F)C(F)(F)F)c2)ccc1NC(=O)c1cccc(Cl)c1C(=O)N[C@@H](C)CS(C)=O. The molecule has 1 unspecified atom stereocenters. The Kier molecular flexibility index (Phi) is 11.1. The van der Waals surface area contributed by atoms with Gasteiger partial charge in [0, 0.05) is 45.7 Å². The van der Waals surface area contributed by atoms with Crippen LogP contribution in [-0.4, -0.2) is 46.4 Å². The number of amides is 2. The Morgan fingerprint density at radius 3 is 1.91 bits per heavy atom. The Morgan fingerprint density at radius 2 is 1.36 bits per heavy atom. The highest BCUT2D eigenvalue weighted by atomic mass is 35.5. The normalized spacial score (nSPS) is 14.0. The van der Waals surface area contributed by atoms with Crippen molar-refractivity contribution in [3.63, 3.8) is 0 Å². The third-order valence-corrected chi connectivity index (χ3v) is 8.05. The van der Waals surface area contributed by atoms with E-state index in [-0.39, 0.29) is 45.3 Å². The molecule has 3 rings (SSSR count). The molecule has 256 valence electrons. The molecule has 2 atom stereocenters. The van der Waals surface area contributed by atoms with Crippen molar-refractivity contribution in [2.75, 3.05) is 17.3 Å². The maximum absolute atomic E-state index is 14.2. The van der Waals surface area contributed by atoms with E-state index < -0.39 is 76.0 Å². The molecule has 17 heteroatoms. The summed E-state index contributed by atoms with van der Waals surface area (Å²) in [6.45, 7) is 3.09. The number of carbonyl (C=O) groups excluding carboxylic acids is 2. The van der Waals surface area contributed by atoms with E-state index >= 15 is 0 Å². The largest absolute Gasteiger partial charge is 0.458 e. The maximum atomic E-state index is 14.2. The average Bonchev–Trinajstić information content (AvgIpc) is 2.92. The molecule has 3 aromatic rings. The molecule has 2 N–H and O–H groups in total. The van der Waals surface area contributed by atoms with E-state index in [1.807, 2.05) is 0 Å². The lowest BCUT2D eigenvalue weighted by atomic mass is 9.91. The second-order valence-electron chi connectivity index (χ2n) is 10.6. The lowest BCUT2D eigenvalue weighted by Crippen LogP contribution is -2.40. The Labute approximate surface area is 269 Å².